The van der Waals surface area contributed by atoms with E-state index in [2.05, 4.69) is 0 Å². The molecule has 1 heterocycles. The smallest absolute Gasteiger partial charge is 0.173 e. The Morgan fingerprint density at radius 2 is 1.52 bits per heavy atom. The molecule has 6 heteroatoms. The lowest BCUT2D eigenvalue weighted by Crippen LogP contribution is -2.55. The maximum absolute atomic E-state index is 10.2. The predicted octanol–water partition coefficient (Wildman–Crippen LogP) is 1.17. The Morgan fingerprint density at radius 3 is 2.24 bits per heavy atom. The zero-order chi connectivity index (χ0) is 17.8. The molecule has 0 aromatic heterocycles. The van der Waals surface area contributed by atoms with Crippen molar-refractivity contribution in [2.24, 2.45) is 0 Å². The van der Waals surface area contributed by atoms with Crippen LogP contribution in [0.2, 0.25) is 0 Å². The molecule has 2 aromatic rings. The second-order valence-corrected chi connectivity index (χ2v) is 7.43. The average Bonchev–Trinajstić information content (AvgIpc) is 2.64. The van der Waals surface area contributed by atoms with Crippen LogP contribution in [0, 0.1) is 0 Å². The van der Waals surface area contributed by atoms with Crippen molar-refractivity contribution >= 4 is 11.8 Å². The number of thioether (sulfide) groups is 1. The summed E-state index contributed by atoms with van der Waals surface area (Å²) in [6.45, 7) is -0.304. The summed E-state index contributed by atoms with van der Waals surface area (Å²) in [6.07, 6.45) is -3.11. The third kappa shape index (κ3) is 4.16. The van der Waals surface area contributed by atoms with Gasteiger partial charge in [-0.3, -0.25) is 0 Å². The molecule has 5 atom stereocenters. The van der Waals surface area contributed by atoms with Crippen molar-refractivity contribution in [1.29, 1.82) is 0 Å². The molecule has 134 valence electrons. The van der Waals surface area contributed by atoms with Crippen LogP contribution >= 0.6 is 11.8 Å². The first-order valence-corrected chi connectivity index (χ1v) is 9.13. The summed E-state index contributed by atoms with van der Waals surface area (Å²) in [6, 6.07) is 17.5. The molecule has 3 rings (SSSR count). The van der Waals surface area contributed by atoms with Crippen LogP contribution in [0.1, 0.15) is 11.1 Å². The summed E-state index contributed by atoms with van der Waals surface area (Å²) in [5, 5.41) is 38.9. The lowest BCUT2D eigenvalue weighted by Gasteiger charge is -2.39. The van der Waals surface area contributed by atoms with Crippen LogP contribution in [0.5, 0.6) is 5.75 Å². The first kappa shape index (κ1) is 18.2. The second kappa shape index (κ2) is 8.21. The number of hydrogen-bond donors (Lipinski definition) is 4. The molecule has 0 radical (unpaired) electrons. The molecule has 1 aliphatic heterocycles. The van der Waals surface area contributed by atoms with E-state index in [9.17, 15) is 20.4 Å². The summed E-state index contributed by atoms with van der Waals surface area (Å²) in [7, 11) is 0. The number of hydrogen-bond acceptors (Lipinski definition) is 6. The van der Waals surface area contributed by atoms with Crippen LogP contribution in [0.25, 0.3) is 0 Å². The van der Waals surface area contributed by atoms with Crippen LogP contribution in [-0.4, -0.2) is 56.0 Å². The normalized spacial score (nSPS) is 29.4. The molecule has 0 amide bonds. The lowest BCUT2D eigenvalue weighted by atomic mass is 10.0. The molecule has 1 aliphatic rings. The van der Waals surface area contributed by atoms with E-state index in [0.29, 0.717) is 12.2 Å². The van der Waals surface area contributed by atoms with E-state index in [1.165, 1.54) is 0 Å². The highest BCUT2D eigenvalue weighted by atomic mass is 32.2. The first-order chi connectivity index (χ1) is 12.1. The Bertz CT molecular complexity index is 679. The number of benzene rings is 2. The topological polar surface area (TPSA) is 90.2 Å². The van der Waals surface area contributed by atoms with Crippen molar-refractivity contribution in [1.82, 2.24) is 0 Å². The van der Waals surface area contributed by atoms with Gasteiger partial charge in [-0.2, -0.15) is 0 Å². The molecule has 25 heavy (non-hydrogen) atoms. The Labute approximate surface area is 150 Å². The van der Waals surface area contributed by atoms with E-state index in [4.69, 9.17) is 4.74 Å². The lowest BCUT2D eigenvalue weighted by molar-refractivity contribution is -0.0910. The Hall–Kier alpha value is -1.57. The van der Waals surface area contributed by atoms with E-state index in [0.717, 1.165) is 22.9 Å². The highest BCUT2D eigenvalue weighted by molar-refractivity contribution is 8.00. The van der Waals surface area contributed by atoms with Gasteiger partial charge in [0.1, 0.15) is 18.0 Å². The standard InChI is InChI=1S/C19H22O5S/c20-11-15-16(21)17(22)18(23)19(25-15)24-14-9-5-4-8-13(14)10-12-6-2-1-3-7-12/h1-9,15-23H,10-11H2/t15?,16-,17?,18?,19-/m1/s1. The number of ether oxygens (including phenoxy) is 1. The van der Waals surface area contributed by atoms with Gasteiger partial charge in [-0.15, -0.1) is 11.8 Å². The third-order valence-corrected chi connectivity index (χ3v) is 5.72. The van der Waals surface area contributed by atoms with Crippen molar-refractivity contribution in [3.8, 4) is 5.75 Å². The zero-order valence-corrected chi connectivity index (χ0v) is 14.4. The molecule has 4 N–H and O–H groups in total. The first-order valence-electron chi connectivity index (χ1n) is 8.19. The second-order valence-electron chi connectivity index (χ2n) is 6.09. The molecule has 0 spiro atoms. The summed E-state index contributed by atoms with van der Waals surface area (Å²) >= 11 is 1.13. The summed E-state index contributed by atoms with van der Waals surface area (Å²) in [5.41, 5.74) is 1.33. The fraction of sp³-hybridized carbons (Fsp3) is 0.368. The Kier molecular flexibility index (Phi) is 5.98. The molecule has 0 bridgehead atoms. The largest absolute Gasteiger partial charge is 0.477 e. The van der Waals surface area contributed by atoms with Gasteiger partial charge in [-0.25, -0.2) is 0 Å². The van der Waals surface area contributed by atoms with Gasteiger partial charge in [-0.05, 0) is 17.2 Å². The molecule has 0 saturated carbocycles. The molecule has 0 aliphatic carbocycles. The van der Waals surface area contributed by atoms with E-state index in [-0.39, 0.29) is 6.61 Å². The van der Waals surface area contributed by atoms with Crippen molar-refractivity contribution in [2.75, 3.05) is 6.61 Å². The summed E-state index contributed by atoms with van der Waals surface area (Å²) in [5.74, 6) is 0.614. The molecule has 1 fully saturated rings. The molecular weight excluding hydrogens is 340 g/mol. The van der Waals surface area contributed by atoms with E-state index < -0.39 is 29.0 Å². The Morgan fingerprint density at radius 1 is 0.840 bits per heavy atom. The molecule has 2 aromatic carbocycles. The van der Waals surface area contributed by atoms with Crippen LogP contribution in [0.15, 0.2) is 54.6 Å². The number of para-hydroxylation sites is 1. The fourth-order valence-electron chi connectivity index (χ4n) is 2.87. The number of rotatable bonds is 5. The third-order valence-electron chi connectivity index (χ3n) is 4.30. The number of aliphatic hydroxyl groups excluding tert-OH is 4. The molecule has 1 saturated heterocycles. The SMILES string of the molecule is OCC1S[C@@H](Oc2ccccc2Cc2ccccc2)C(O)C(O)[C@@H]1O. The quantitative estimate of drug-likeness (QED) is 0.639. The van der Waals surface area contributed by atoms with E-state index >= 15 is 0 Å². The van der Waals surface area contributed by atoms with Gasteiger partial charge in [0.05, 0.1) is 18.0 Å². The van der Waals surface area contributed by atoms with Gasteiger partial charge in [0.15, 0.2) is 5.44 Å². The van der Waals surface area contributed by atoms with Crippen molar-refractivity contribution in [3.05, 3.63) is 65.7 Å². The monoisotopic (exact) mass is 362 g/mol. The highest BCUT2D eigenvalue weighted by Gasteiger charge is 2.44. The molecule has 3 unspecified atom stereocenters. The maximum Gasteiger partial charge on any atom is 0.173 e. The Balaban J connectivity index is 1.78. The summed E-state index contributed by atoms with van der Waals surface area (Å²) < 4.78 is 5.95. The fourth-order valence-corrected chi connectivity index (χ4v) is 4.10. The van der Waals surface area contributed by atoms with Crippen LogP contribution in [0.3, 0.4) is 0 Å². The van der Waals surface area contributed by atoms with Crippen molar-refractivity contribution in [3.63, 3.8) is 0 Å². The molecule has 5 nitrogen and oxygen atoms in total. The van der Waals surface area contributed by atoms with E-state index in [1.807, 2.05) is 54.6 Å². The summed E-state index contributed by atoms with van der Waals surface area (Å²) in [4.78, 5) is 0. The van der Waals surface area contributed by atoms with Crippen LogP contribution < -0.4 is 4.74 Å². The van der Waals surface area contributed by atoms with Gasteiger partial charge >= 0.3 is 0 Å². The van der Waals surface area contributed by atoms with Gasteiger partial charge in [0.2, 0.25) is 0 Å². The van der Waals surface area contributed by atoms with Crippen LogP contribution in [0.4, 0.5) is 0 Å². The minimum absolute atomic E-state index is 0.304. The van der Waals surface area contributed by atoms with Crippen LogP contribution in [-0.2, 0) is 6.42 Å². The van der Waals surface area contributed by atoms with E-state index in [1.54, 1.807) is 0 Å². The number of aliphatic hydroxyl groups is 4. The molecular formula is C19H22O5S. The minimum atomic E-state index is -1.36. The highest BCUT2D eigenvalue weighted by Crippen LogP contribution is 2.35. The maximum atomic E-state index is 10.2. The van der Waals surface area contributed by atoms with Crippen molar-refractivity contribution < 1.29 is 25.2 Å². The van der Waals surface area contributed by atoms with Gasteiger partial charge < -0.3 is 25.2 Å². The zero-order valence-electron chi connectivity index (χ0n) is 13.6. The van der Waals surface area contributed by atoms with Gasteiger partial charge in [0, 0.05) is 6.42 Å². The minimum Gasteiger partial charge on any atom is -0.477 e. The van der Waals surface area contributed by atoms with Crippen molar-refractivity contribution in [2.45, 2.75) is 35.4 Å². The van der Waals surface area contributed by atoms with Gasteiger partial charge in [0.25, 0.3) is 0 Å². The average molecular weight is 362 g/mol. The predicted molar refractivity (Wildman–Crippen MR) is 96.6 cm³/mol. The van der Waals surface area contributed by atoms with Gasteiger partial charge in [-0.1, -0.05) is 48.5 Å².